The minimum Gasteiger partial charge on any atom is -0.478 e. The quantitative estimate of drug-likeness (QED) is 0.0252. The largest absolute Gasteiger partial charge is 0.478 e. The average Bonchev–Trinajstić information content (AvgIpc) is 4.04. The van der Waals surface area contributed by atoms with Crippen LogP contribution in [0.15, 0.2) is 146 Å². The zero-order valence-corrected chi connectivity index (χ0v) is 42.6. The van der Waals surface area contributed by atoms with Crippen LogP contribution in [0.4, 0.5) is 8.78 Å². The highest BCUT2D eigenvalue weighted by Gasteiger charge is 2.27. The second-order valence-electron chi connectivity index (χ2n) is 18.3. The van der Waals surface area contributed by atoms with Gasteiger partial charge >= 0.3 is 11.9 Å². The van der Waals surface area contributed by atoms with Crippen LogP contribution in [0, 0.1) is 10.8 Å². The molecule has 0 fully saturated rings. The van der Waals surface area contributed by atoms with Gasteiger partial charge < -0.3 is 40.8 Å². The first kappa shape index (κ1) is 55.1. The van der Waals surface area contributed by atoms with E-state index in [2.05, 4.69) is 10.6 Å². The number of carboxylic acid groups (broad SMARTS) is 2. The summed E-state index contributed by atoms with van der Waals surface area (Å²) in [5, 5.41) is 41.0. The fourth-order valence-corrected chi connectivity index (χ4v) is 9.35. The van der Waals surface area contributed by atoms with Crippen molar-refractivity contribution in [1.82, 2.24) is 29.7 Å². The molecular formula is C60H62F2N8O6. The molecule has 6 aromatic carbocycles. The molecular weight excluding hydrogens is 967 g/mol. The maximum Gasteiger partial charge on any atom is 0.336 e. The zero-order chi connectivity index (χ0) is 54.1. The number of imidazole rings is 2. The highest BCUT2D eigenvalue weighted by Crippen LogP contribution is 2.30. The number of carbonyl (C=O) groups excluding carboxylic acids is 2. The third kappa shape index (κ3) is 13.5. The van der Waals surface area contributed by atoms with Gasteiger partial charge in [0.05, 0.1) is 56.4 Å². The van der Waals surface area contributed by atoms with Crippen molar-refractivity contribution in [3.05, 3.63) is 179 Å². The van der Waals surface area contributed by atoms with Crippen LogP contribution in [0.3, 0.4) is 0 Å². The molecule has 0 aliphatic carbocycles. The Kier molecular flexibility index (Phi) is 19.2. The highest BCUT2D eigenvalue weighted by molar-refractivity contribution is 6.07. The summed E-state index contributed by atoms with van der Waals surface area (Å²) < 4.78 is 29.5. The highest BCUT2D eigenvalue weighted by atomic mass is 19.1. The van der Waals surface area contributed by atoms with E-state index in [1.807, 2.05) is 132 Å². The maximum atomic E-state index is 13.6. The molecule has 0 bridgehead atoms. The summed E-state index contributed by atoms with van der Waals surface area (Å²) in [4.78, 5) is 60.9. The third-order valence-electron chi connectivity index (χ3n) is 13.2. The van der Waals surface area contributed by atoms with E-state index in [4.69, 9.17) is 20.8 Å². The number of carboxylic acids is 2. The number of nitrogens with one attached hydrogen (secondary N) is 4. The predicted octanol–water partition coefficient (Wildman–Crippen LogP) is 12.9. The Bertz CT molecular complexity index is 3340. The number of hydrogen-bond acceptors (Lipinski definition) is 8. The van der Waals surface area contributed by atoms with Crippen LogP contribution in [0.1, 0.15) is 130 Å². The number of hydrogen-bond donors (Lipinski definition) is 6. The topological polar surface area (TPSA) is 216 Å². The van der Waals surface area contributed by atoms with E-state index in [1.54, 1.807) is 24.3 Å². The number of halogens is 2. The lowest BCUT2D eigenvalue weighted by Gasteiger charge is -2.21. The Labute approximate surface area is 439 Å². The lowest BCUT2D eigenvalue weighted by Crippen LogP contribution is -2.32. The van der Waals surface area contributed by atoms with Gasteiger partial charge in [0.2, 0.25) is 0 Å². The van der Waals surface area contributed by atoms with E-state index in [9.17, 15) is 38.2 Å². The second-order valence-corrected chi connectivity index (χ2v) is 18.3. The first-order valence-corrected chi connectivity index (χ1v) is 25.5. The monoisotopic (exact) mass is 1030 g/mol. The number of aryl methyl sites for hydroxylation is 2. The van der Waals surface area contributed by atoms with Crippen LogP contribution in [-0.4, -0.2) is 77.8 Å². The molecule has 2 aromatic heterocycles. The van der Waals surface area contributed by atoms with Crippen molar-refractivity contribution in [2.45, 2.75) is 90.4 Å². The van der Waals surface area contributed by atoms with Crippen molar-refractivity contribution in [2.75, 3.05) is 13.3 Å². The molecule has 76 heavy (non-hydrogen) atoms. The molecule has 0 saturated carbocycles. The summed E-state index contributed by atoms with van der Waals surface area (Å²) >= 11 is 0. The standard InChI is InChI=1S/2C30H31FN4O3/c1-2-35-27-15-9-8-13-25(27)33-28(35)26(14-7-6-12-22(32)19-31)34-29(36)24-18-21(16-17-23(24)30(37)38)20-10-4-3-5-11-20;1-2-35-27-15-9-8-13-25(27)33-28(35)26(14-7-6-12-22(32)19-31)34-29(36)23-17-16-21(18-24(23)30(37)38)20-10-4-3-5-11-20/h2*3-5,8-11,13,15-18,26,32H,2,6-7,12,14,19H2,1H3,(H,34,36)(H,37,38)/t2*26-/m00/s1. The van der Waals surface area contributed by atoms with E-state index in [-0.39, 0.29) is 33.7 Å². The van der Waals surface area contributed by atoms with Crippen LogP contribution >= 0.6 is 0 Å². The van der Waals surface area contributed by atoms with Crippen LogP contribution in [-0.2, 0) is 13.1 Å². The van der Waals surface area contributed by atoms with Gasteiger partial charge in [-0.2, -0.15) is 0 Å². The lowest BCUT2D eigenvalue weighted by atomic mass is 9.98. The molecule has 0 spiro atoms. The van der Waals surface area contributed by atoms with Gasteiger partial charge in [-0.3, -0.25) is 9.59 Å². The van der Waals surface area contributed by atoms with Crippen molar-refractivity contribution in [3.63, 3.8) is 0 Å². The van der Waals surface area contributed by atoms with Gasteiger partial charge in [0.15, 0.2) is 0 Å². The van der Waals surface area contributed by atoms with Crippen molar-refractivity contribution in [3.8, 4) is 22.3 Å². The number of unbranched alkanes of at least 4 members (excludes halogenated alkanes) is 2. The Morgan fingerprint density at radius 2 is 0.895 bits per heavy atom. The molecule has 0 saturated heterocycles. The number of fused-ring (bicyclic) bond motifs is 2. The molecule has 392 valence electrons. The van der Waals surface area contributed by atoms with Crippen molar-refractivity contribution < 1.29 is 38.2 Å². The number of aromatic nitrogens is 4. The fraction of sp³-hybridized carbons (Fsp3) is 0.267. The molecule has 6 N–H and O–H groups in total. The summed E-state index contributed by atoms with van der Waals surface area (Å²) in [5.74, 6) is -2.01. The van der Waals surface area contributed by atoms with E-state index in [1.165, 1.54) is 12.1 Å². The number of carbonyl (C=O) groups is 4. The molecule has 8 rings (SSSR count). The van der Waals surface area contributed by atoms with Gasteiger partial charge in [0.1, 0.15) is 25.0 Å². The van der Waals surface area contributed by atoms with Gasteiger partial charge in [-0.25, -0.2) is 28.3 Å². The Hall–Kier alpha value is -8.66. The number of para-hydroxylation sites is 4. The number of benzene rings is 6. The molecule has 0 aliphatic heterocycles. The predicted molar refractivity (Wildman–Crippen MR) is 293 cm³/mol. The second kappa shape index (κ2) is 26.5. The summed E-state index contributed by atoms with van der Waals surface area (Å²) in [6.07, 6.45) is 4.21. The summed E-state index contributed by atoms with van der Waals surface area (Å²) in [7, 11) is 0. The Morgan fingerprint density at radius 1 is 0.500 bits per heavy atom. The summed E-state index contributed by atoms with van der Waals surface area (Å²) in [5.41, 5.74) is 6.76. The van der Waals surface area contributed by atoms with E-state index >= 15 is 0 Å². The van der Waals surface area contributed by atoms with Gasteiger partial charge in [-0.15, -0.1) is 0 Å². The van der Waals surface area contributed by atoms with Gasteiger partial charge in [0, 0.05) is 24.5 Å². The molecule has 2 atom stereocenters. The molecule has 8 aromatic rings. The number of alkyl halides is 2. The lowest BCUT2D eigenvalue weighted by molar-refractivity contribution is 0.0682. The molecule has 2 heterocycles. The minimum atomic E-state index is -1.19. The van der Waals surface area contributed by atoms with Gasteiger partial charge in [-0.05, 0) is 123 Å². The van der Waals surface area contributed by atoms with E-state index in [0.717, 1.165) is 38.8 Å². The average molecular weight is 1030 g/mol. The van der Waals surface area contributed by atoms with Crippen LogP contribution < -0.4 is 10.6 Å². The maximum absolute atomic E-state index is 13.6. The zero-order valence-electron chi connectivity index (χ0n) is 42.6. The summed E-state index contributed by atoms with van der Waals surface area (Å²) in [6.45, 7) is 3.76. The number of aromatic carboxylic acids is 2. The van der Waals surface area contributed by atoms with Crippen LogP contribution in [0.5, 0.6) is 0 Å². The normalized spacial score (nSPS) is 11.8. The smallest absolute Gasteiger partial charge is 0.336 e. The van der Waals surface area contributed by atoms with E-state index in [0.29, 0.717) is 81.7 Å². The summed E-state index contributed by atoms with van der Waals surface area (Å²) in [6, 6.07) is 42.9. The van der Waals surface area contributed by atoms with E-state index < -0.39 is 49.2 Å². The molecule has 2 amide bonds. The first-order valence-electron chi connectivity index (χ1n) is 25.5. The SMILES string of the molecule is CCn1c([C@H](CCCCC(=N)CF)NC(=O)c2cc(-c3ccccc3)ccc2C(=O)O)nc2ccccc21.CCn1c([C@H](CCCCC(=N)CF)NC(=O)c2ccc(-c3ccccc3)cc2C(=O)O)nc2ccccc21. The molecule has 0 unspecified atom stereocenters. The van der Waals surface area contributed by atoms with Crippen molar-refractivity contribution >= 4 is 57.2 Å². The first-order chi connectivity index (χ1) is 36.8. The Balaban J connectivity index is 0.000000221. The van der Waals surface area contributed by atoms with Crippen LogP contribution in [0.25, 0.3) is 44.3 Å². The molecule has 0 aliphatic rings. The Morgan fingerprint density at radius 3 is 1.32 bits per heavy atom. The molecule has 16 heteroatoms. The number of nitrogens with zero attached hydrogens (tertiary/aromatic N) is 4. The minimum absolute atomic E-state index is 0.0511. The molecule has 0 radical (unpaired) electrons. The van der Waals surface area contributed by atoms with Gasteiger partial charge in [0.25, 0.3) is 11.8 Å². The molecule has 14 nitrogen and oxygen atoms in total. The fourth-order valence-electron chi connectivity index (χ4n) is 9.35. The van der Waals surface area contributed by atoms with Gasteiger partial charge in [-0.1, -0.05) is 110 Å². The van der Waals surface area contributed by atoms with Crippen molar-refractivity contribution in [1.29, 1.82) is 10.8 Å². The van der Waals surface area contributed by atoms with Crippen LogP contribution in [0.2, 0.25) is 0 Å². The number of amides is 2. The third-order valence-corrected chi connectivity index (χ3v) is 13.2. The number of rotatable bonds is 24. The van der Waals surface area contributed by atoms with Crippen molar-refractivity contribution in [2.24, 2.45) is 0 Å².